The van der Waals surface area contributed by atoms with Crippen LogP contribution >= 0.6 is 0 Å². The third kappa shape index (κ3) is 5.79. The van der Waals surface area contributed by atoms with Crippen LogP contribution in [0.1, 0.15) is 42.4 Å². The van der Waals surface area contributed by atoms with Crippen molar-refractivity contribution >= 4 is 17.4 Å². The van der Waals surface area contributed by atoms with Crippen LogP contribution in [-0.2, 0) is 16.0 Å². The Morgan fingerprint density at radius 2 is 1.78 bits per heavy atom. The summed E-state index contributed by atoms with van der Waals surface area (Å²) in [5.41, 5.74) is 4.23. The molecule has 1 N–H and O–H groups in total. The van der Waals surface area contributed by atoms with E-state index in [1.807, 2.05) is 67.1 Å². The van der Waals surface area contributed by atoms with Crippen molar-refractivity contribution in [1.29, 1.82) is 0 Å². The van der Waals surface area contributed by atoms with E-state index in [4.69, 9.17) is 9.84 Å². The molecular formula is C22H25NO4. The Balaban J connectivity index is 2.14. The van der Waals surface area contributed by atoms with Gasteiger partial charge in [0, 0.05) is 17.5 Å². The summed E-state index contributed by atoms with van der Waals surface area (Å²) < 4.78 is 6.91. The summed E-state index contributed by atoms with van der Waals surface area (Å²) >= 11 is 0. The second kappa shape index (κ2) is 9.69. The number of hydrogen-bond donors (Lipinski definition) is 1. The molecule has 0 atom stereocenters. The second-order valence-electron chi connectivity index (χ2n) is 6.35. The summed E-state index contributed by atoms with van der Waals surface area (Å²) in [4.78, 5) is 23.3. The number of nitrogens with zero attached hydrogens (tertiary/aromatic N) is 1. The monoisotopic (exact) mass is 367 g/mol. The fraction of sp³-hybridized carbons (Fsp3) is 0.273. The SMILES string of the molecule is CCc1ccc(C(=O)c2cccn2/C(C)=C/C=C(\C)COCC(=O)O)cc1. The number of ketones is 1. The van der Waals surface area contributed by atoms with Crippen molar-refractivity contribution in [3.05, 3.63) is 77.1 Å². The van der Waals surface area contributed by atoms with Gasteiger partial charge in [-0.25, -0.2) is 4.79 Å². The maximum Gasteiger partial charge on any atom is 0.329 e. The highest BCUT2D eigenvalue weighted by Gasteiger charge is 2.13. The summed E-state index contributed by atoms with van der Waals surface area (Å²) in [5, 5.41) is 8.58. The fourth-order valence-electron chi connectivity index (χ4n) is 2.60. The normalized spacial score (nSPS) is 12.3. The maximum atomic E-state index is 12.8. The smallest absolute Gasteiger partial charge is 0.329 e. The van der Waals surface area contributed by atoms with Crippen molar-refractivity contribution in [2.45, 2.75) is 27.2 Å². The zero-order chi connectivity index (χ0) is 19.8. The molecule has 0 amide bonds. The van der Waals surface area contributed by atoms with Gasteiger partial charge in [-0.3, -0.25) is 4.79 Å². The molecule has 0 spiro atoms. The van der Waals surface area contributed by atoms with Crippen molar-refractivity contribution < 1.29 is 19.4 Å². The molecule has 0 unspecified atom stereocenters. The minimum atomic E-state index is -0.989. The van der Waals surface area contributed by atoms with Crippen molar-refractivity contribution in [1.82, 2.24) is 4.57 Å². The summed E-state index contributed by atoms with van der Waals surface area (Å²) in [6.45, 7) is 5.79. The molecule has 5 nitrogen and oxygen atoms in total. The lowest BCUT2D eigenvalue weighted by Crippen LogP contribution is -2.09. The zero-order valence-corrected chi connectivity index (χ0v) is 15.9. The Morgan fingerprint density at radius 3 is 2.41 bits per heavy atom. The lowest BCUT2D eigenvalue weighted by molar-refractivity contribution is -0.141. The first-order valence-corrected chi connectivity index (χ1v) is 8.87. The largest absolute Gasteiger partial charge is 0.480 e. The first kappa shape index (κ1) is 20.4. The van der Waals surface area contributed by atoms with Crippen LogP contribution in [0.4, 0.5) is 0 Å². The van der Waals surface area contributed by atoms with Gasteiger partial charge in [-0.1, -0.05) is 37.3 Å². The molecule has 0 aliphatic carbocycles. The molecule has 2 aromatic rings. The molecular weight excluding hydrogens is 342 g/mol. The van der Waals surface area contributed by atoms with Gasteiger partial charge in [-0.15, -0.1) is 0 Å². The van der Waals surface area contributed by atoms with Crippen molar-refractivity contribution in [3.8, 4) is 0 Å². The number of carboxylic acids is 1. The Morgan fingerprint density at radius 1 is 1.07 bits per heavy atom. The Hall–Kier alpha value is -2.92. The molecule has 0 bridgehead atoms. The number of aryl methyl sites for hydroxylation is 1. The van der Waals surface area contributed by atoms with Crippen molar-refractivity contribution in [2.24, 2.45) is 0 Å². The van der Waals surface area contributed by atoms with Crippen LogP contribution in [0.5, 0.6) is 0 Å². The molecule has 0 saturated carbocycles. The van der Waals surface area contributed by atoms with Gasteiger partial charge in [-0.2, -0.15) is 0 Å². The van der Waals surface area contributed by atoms with Crippen molar-refractivity contribution in [3.63, 3.8) is 0 Å². The molecule has 142 valence electrons. The van der Waals surface area contributed by atoms with Crippen LogP contribution < -0.4 is 0 Å². The van der Waals surface area contributed by atoms with Gasteiger partial charge in [0.1, 0.15) is 6.61 Å². The number of aliphatic carboxylic acids is 1. The summed E-state index contributed by atoms with van der Waals surface area (Å²) in [7, 11) is 0. The highest BCUT2D eigenvalue weighted by molar-refractivity contribution is 6.08. The number of benzene rings is 1. The first-order valence-electron chi connectivity index (χ1n) is 8.87. The predicted octanol–water partition coefficient (Wildman–Crippen LogP) is 4.19. The van der Waals surface area contributed by atoms with Crippen LogP contribution in [0.15, 0.2) is 60.3 Å². The van der Waals surface area contributed by atoms with Crippen LogP contribution in [0, 0.1) is 0 Å². The molecule has 0 saturated heterocycles. The Labute approximate surface area is 159 Å². The number of ether oxygens (including phenoxy) is 1. The Bertz CT molecular complexity index is 857. The van der Waals surface area contributed by atoms with Gasteiger partial charge < -0.3 is 14.4 Å². The fourth-order valence-corrected chi connectivity index (χ4v) is 2.60. The molecule has 0 aliphatic heterocycles. The third-order valence-electron chi connectivity index (χ3n) is 4.15. The Kier molecular flexibility index (Phi) is 7.32. The highest BCUT2D eigenvalue weighted by atomic mass is 16.5. The molecule has 2 rings (SSSR count). The first-order chi connectivity index (χ1) is 12.9. The molecule has 1 aromatic heterocycles. The molecule has 1 aromatic carbocycles. The topological polar surface area (TPSA) is 68.5 Å². The highest BCUT2D eigenvalue weighted by Crippen LogP contribution is 2.16. The quantitative estimate of drug-likeness (QED) is 0.533. The van der Waals surface area contributed by atoms with Crippen LogP contribution in [0.25, 0.3) is 5.70 Å². The van der Waals surface area contributed by atoms with E-state index in [2.05, 4.69) is 6.92 Å². The van der Waals surface area contributed by atoms with Crippen LogP contribution in [-0.4, -0.2) is 34.6 Å². The molecule has 27 heavy (non-hydrogen) atoms. The summed E-state index contributed by atoms with van der Waals surface area (Å²) in [6.07, 6.45) is 6.54. The van der Waals surface area contributed by atoms with E-state index in [-0.39, 0.29) is 19.0 Å². The predicted molar refractivity (Wildman–Crippen MR) is 106 cm³/mol. The van der Waals surface area contributed by atoms with Crippen LogP contribution in [0.2, 0.25) is 0 Å². The third-order valence-corrected chi connectivity index (χ3v) is 4.15. The van der Waals surface area contributed by atoms with Crippen LogP contribution in [0.3, 0.4) is 0 Å². The molecule has 0 aliphatic rings. The van der Waals surface area contributed by atoms with Gasteiger partial charge in [-0.05, 0) is 49.6 Å². The van der Waals surface area contributed by atoms with E-state index in [1.54, 1.807) is 6.07 Å². The van der Waals surface area contributed by atoms with E-state index in [0.29, 0.717) is 11.3 Å². The molecule has 1 heterocycles. The van der Waals surface area contributed by atoms with E-state index in [9.17, 15) is 9.59 Å². The average Bonchev–Trinajstić information content (AvgIpc) is 3.15. The summed E-state index contributed by atoms with van der Waals surface area (Å²) in [5.74, 6) is -1.02. The zero-order valence-electron chi connectivity index (χ0n) is 15.9. The molecule has 0 radical (unpaired) electrons. The van der Waals surface area contributed by atoms with Gasteiger partial charge in [0.2, 0.25) is 5.78 Å². The lowest BCUT2D eigenvalue weighted by atomic mass is 10.0. The number of allylic oxidation sites excluding steroid dienone is 3. The number of rotatable bonds is 9. The summed E-state index contributed by atoms with van der Waals surface area (Å²) in [6, 6.07) is 11.3. The van der Waals surface area contributed by atoms with Gasteiger partial charge in [0.15, 0.2) is 0 Å². The second-order valence-corrected chi connectivity index (χ2v) is 6.35. The number of carboxylic acid groups (broad SMARTS) is 1. The molecule has 5 heteroatoms. The number of aromatic nitrogens is 1. The van der Waals surface area contributed by atoms with Gasteiger partial charge >= 0.3 is 5.97 Å². The number of carbonyl (C=O) groups is 2. The minimum absolute atomic E-state index is 0.0269. The minimum Gasteiger partial charge on any atom is -0.480 e. The van der Waals surface area contributed by atoms with E-state index in [1.165, 1.54) is 5.56 Å². The number of carbonyl (C=O) groups excluding carboxylic acids is 1. The van der Waals surface area contributed by atoms with Gasteiger partial charge in [0.25, 0.3) is 0 Å². The standard InChI is InChI=1S/C22H25NO4/c1-4-18-9-11-19(12-10-18)22(26)20-6-5-13-23(20)17(3)8-7-16(2)14-27-15-21(24)25/h5-13H,4,14-15H2,1-3H3,(H,24,25)/b16-7+,17-8+. The van der Waals surface area contributed by atoms with Gasteiger partial charge in [0.05, 0.1) is 12.3 Å². The average molecular weight is 367 g/mol. The van der Waals surface area contributed by atoms with Crippen molar-refractivity contribution in [2.75, 3.05) is 13.2 Å². The molecule has 0 fully saturated rings. The lowest BCUT2D eigenvalue weighted by Gasteiger charge is -2.09. The van der Waals surface area contributed by atoms with E-state index in [0.717, 1.165) is 17.7 Å². The maximum absolute atomic E-state index is 12.8. The number of hydrogen-bond acceptors (Lipinski definition) is 3. The van der Waals surface area contributed by atoms with E-state index < -0.39 is 5.97 Å². The van der Waals surface area contributed by atoms with E-state index >= 15 is 0 Å².